The average Bonchev–Trinajstić information content (AvgIpc) is 2.99. The van der Waals surface area contributed by atoms with Gasteiger partial charge in [0, 0.05) is 11.8 Å². The second-order valence-corrected chi connectivity index (χ2v) is 6.84. The van der Waals surface area contributed by atoms with E-state index in [-0.39, 0.29) is 17.1 Å². The van der Waals surface area contributed by atoms with Crippen LogP contribution in [-0.4, -0.2) is 26.9 Å². The Hall–Kier alpha value is -3.93. The predicted molar refractivity (Wildman–Crippen MR) is 108 cm³/mol. The number of rotatable bonds is 3. The van der Waals surface area contributed by atoms with E-state index in [9.17, 15) is 19.8 Å². The number of aliphatic hydroxyl groups excluding tert-OH is 1. The van der Waals surface area contributed by atoms with E-state index in [0.29, 0.717) is 16.8 Å². The predicted octanol–water partition coefficient (Wildman–Crippen LogP) is 3.72. The first-order chi connectivity index (χ1) is 14.0. The molecule has 0 spiro atoms. The smallest absolute Gasteiger partial charge is 0.300 e. The molecule has 144 valence electrons. The van der Waals surface area contributed by atoms with Crippen molar-refractivity contribution >= 4 is 23.1 Å². The van der Waals surface area contributed by atoms with E-state index in [1.54, 1.807) is 42.6 Å². The van der Waals surface area contributed by atoms with E-state index in [1.165, 1.54) is 23.2 Å². The number of benzene rings is 2. The molecule has 1 aliphatic rings. The highest BCUT2D eigenvalue weighted by Gasteiger charge is 2.47. The molecule has 0 bridgehead atoms. The second-order valence-electron chi connectivity index (χ2n) is 6.84. The highest BCUT2D eigenvalue weighted by atomic mass is 16.3. The van der Waals surface area contributed by atoms with Crippen molar-refractivity contribution in [3.05, 3.63) is 95.3 Å². The van der Waals surface area contributed by atoms with Gasteiger partial charge in [-0.15, -0.1) is 0 Å². The van der Waals surface area contributed by atoms with Crippen LogP contribution in [0.2, 0.25) is 0 Å². The van der Waals surface area contributed by atoms with E-state index in [4.69, 9.17) is 0 Å². The van der Waals surface area contributed by atoms with Crippen LogP contribution >= 0.6 is 0 Å². The molecule has 2 aromatic carbocycles. The van der Waals surface area contributed by atoms with Crippen molar-refractivity contribution in [2.24, 2.45) is 0 Å². The van der Waals surface area contributed by atoms with Crippen LogP contribution in [0.15, 0.2) is 78.6 Å². The van der Waals surface area contributed by atoms with Crippen molar-refractivity contribution < 1.29 is 19.8 Å². The second kappa shape index (κ2) is 7.24. The van der Waals surface area contributed by atoms with Crippen LogP contribution in [0.3, 0.4) is 0 Å². The summed E-state index contributed by atoms with van der Waals surface area (Å²) >= 11 is 0. The molecule has 0 aliphatic carbocycles. The number of nitrogens with zero attached hydrogens (tertiary/aromatic N) is 2. The molecule has 1 amide bonds. The Bertz CT molecular complexity index is 1120. The lowest BCUT2D eigenvalue weighted by atomic mass is 9.95. The van der Waals surface area contributed by atoms with Crippen LogP contribution in [-0.2, 0) is 9.59 Å². The highest BCUT2D eigenvalue weighted by molar-refractivity contribution is 6.51. The Morgan fingerprint density at radius 3 is 2.45 bits per heavy atom. The first-order valence-corrected chi connectivity index (χ1v) is 9.04. The molecule has 1 atom stereocenters. The van der Waals surface area contributed by atoms with Crippen LogP contribution in [0, 0.1) is 6.92 Å². The number of hydrogen-bond acceptors (Lipinski definition) is 5. The van der Waals surface area contributed by atoms with Crippen LogP contribution in [0.5, 0.6) is 5.75 Å². The van der Waals surface area contributed by atoms with Gasteiger partial charge in [-0.25, -0.2) is 0 Å². The molecule has 0 saturated carbocycles. The molecule has 29 heavy (non-hydrogen) atoms. The summed E-state index contributed by atoms with van der Waals surface area (Å²) in [5, 5.41) is 20.9. The number of aromatic hydroxyl groups is 1. The zero-order valence-corrected chi connectivity index (χ0v) is 15.6. The molecular weight excluding hydrogens is 368 g/mol. The van der Waals surface area contributed by atoms with Gasteiger partial charge in [0.25, 0.3) is 11.7 Å². The van der Waals surface area contributed by atoms with Gasteiger partial charge in [0.15, 0.2) is 0 Å². The highest BCUT2D eigenvalue weighted by Crippen LogP contribution is 2.42. The van der Waals surface area contributed by atoms with Gasteiger partial charge in [-0.2, -0.15) is 0 Å². The molecule has 2 heterocycles. The van der Waals surface area contributed by atoms with E-state index in [1.807, 2.05) is 19.1 Å². The molecule has 1 saturated heterocycles. The number of carbonyl (C=O) groups is 2. The summed E-state index contributed by atoms with van der Waals surface area (Å²) in [5.41, 5.74) is 2.33. The molecule has 1 fully saturated rings. The largest absolute Gasteiger partial charge is 0.508 e. The fourth-order valence-electron chi connectivity index (χ4n) is 3.47. The maximum absolute atomic E-state index is 12.9. The minimum atomic E-state index is -0.896. The lowest BCUT2D eigenvalue weighted by Crippen LogP contribution is -2.29. The molecule has 4 rings (SSSR count). The SMILES string of the molecule is Cc1ccc(C(O)=C2C(=O)C(=O)N(c3cccnc3)[C@@H]2c2cccc(O)c2)cc1. The number of pyridine rings is 1. The summed E-state index contributed by atoms with van der Waals surface area (Å²) in [4.78, 5) is 31.2. The number of ketones is 1. The quantitative estimate of drug-likeness (QED) is 0.407. The van der Waals surface area contributed by atoms with Crippen LogP contribution in [0.1, 0.15) is 22.7 Å². The summed E-state index contributed by atoms with van der Waals surface area (Å²) < 4.78 is 0. The Balaban J connectivity index is 1.95. The number of aromatic nitrogens is 1. The topological polar surface area (TPSA) is 90.7 Å². The minimum Gasteiger partial charge on any atom is -0.508 e. The Labute approximate surface area is 167 Å². The molecule has 0 unspecified atom stereocenters. The number of phenolic OH excluding ortho intramolecular Hbond substituents is 1. The van der Waals surface area contributed by atoms with E-state index >= 15 is 0 Å². The van der Waals surface area contributed by atoms with Crippen LogP contribution < -0.4 is 4.90 Å². The number of aryl methyl sites for hydroxylation is 1. The third-order valence-corrected chi connectivity index (χ3v) is 4.88. The summed E-state index contributed by atoms with van der Waals surface area (Å²) in [5.74, 6) is -1.82. The third kappa shape index (κ3) is 3.25. The number of phenols is 1. The standard InChI is InChI=1S/C23H18N2O4/c1-14-7-9-15(10-8-14)21(27)19-20(16-4-2-6-18(26)12-16)25(23(29)22(19)28)17-5-3-11-24-13-17/h2-13,20,26-27H,1H3/t20-/m1/s1. The molecule has 0 radical (unpaired) electrons. The number of amides is 1. The zero-order chi connectivity index (χ0) is 20.5. The zero-order valence-electron chi connectivity index (χ0n) is 15.6. The molecule has 6 heteroatoms. The van der Waals surface area contributed by atoms with Gasteiger partial charge in [0.05, 0.1) is 23.5 Å². The first-order valence-electron chi connectivity index (χ1n) is 9.04. The molecule has 3 aromatic rings. The monoisotopic (exact) mass is 386 g/mol. The number of carbonyl (C=O) groups excluding carboxylic acids is 2. The maximum Gasteiger partial charge on any atom is 0.300 e. The van der Waals surface area contributed by atoms with Crippen LogP contribution in [0.4, 0.5) is 5.69 Å². The lowest BCUT2D eigenvalue weighted by molar-refractivity contribution is -0.132. The number of aliphatic hydroxyl groups is 1. The maximum atomic E-state index is 12.9. The third-order valence-electron chi connectivity index (χ3n) is 4.88. The summed E-state index contributed by atoms with van der Waals surface area (Å²) in [6.07, 6.45) is 3.04. The van der Waals surface area contributed by atoms with Gasteiger partial charge < -0.3 is 10.2 Å². The summed E-state index contributed by atoms with van der Waals surface area (Å²) in [7, 11) is 0. The van der Waals surface area contributed by atoms with Gasteiger partial charge in [-0.05, 0) is 36.8 Å². The minimum absolute atomic E-state index is 0.00499. The van der Waals surface area contributed by atoms with Gasteiger partial charge in [0.2, 0.25) is 0 Å². The van der Waals surface area contributed by atoms with Crippen LogP contribution in [0.25, 0.3) is 5.76 Å². The van der Waals surface area contributed by atoms with E-state index in [2.05, 4.69) is 4.98 Å². The fraction of sp³-hybridized carbons (Fsp3) is 0.0870. The molecule has 6 nitrogen and oxygen atoms in total. The van der Waals surface area contributed by atoms with Gasteiger partial charge in [0.1, 0.15) is 11.5 Å². The Morgan fingerprint density at radius 2 is 1.79 bits per heavy atom. The molecule has 1 aromatic heterocycles. The van der Waals surface area contributed by atoms with Crippen molar-refractivity contribution in [2.45, 2.75) is 13.0 Å². The number of Topliss-reactive ketones (excluding diaryl/α,β-unsaturated/α-hetero) is 1. The van der Waals surface area contributed by atoms with Crippen molar-refractivity contribution in [2.75, 3.05) is 4.90 Å². The average molecular weight is 386 g/mol. The lowest BCUT2D eigenvalue weighted by Gasteiger charge is -2.25. The number of anilines is 1. The molecular formula is C23H18N2O4. The Kier molecular flexibility index (Phi) is 4.60. The normalized spacial score (nSPS) is 18.2. The van der Waals surface area contributed by atoms with Crippen molar-refractivity contribution in [1.29, 1.82) is 0 Å². The van der Waals surface area contributed by atoms with E-state index in [0.717, 1.165) is 5.56 Å². The molecule has 2 N–H and O–H groups in total. The Morgan fingerprint density at radius 1 is 1.03 bits per heavy atom. The first kappa shape index (κ1) is 18.4. The molecule has 1 aliphatic heterocycles. The van der Waals surface area contributed by atoms with Crippen molar-refractivity contribution in [1.82, 2.24) is 4.98 Å². The summed E-state index contributed by atoms with van der Waals surface area (Å²) in [6.45, 7) is 1.91. The van der Waals surface area contributed by atoms with Gasteiger partial charge in [-0.3, -0.25) is 19.5 Å². The fourth-order valence-corrected chi connectivity index (χ4v) is 3.47. The van der Waals surface area contributed by atoms with Crippen molar-refractivity contribution in [3.8, 4) is 5.75 Å². The van der Waals surface area contributed by atoms with Crippen molar-refractivity contribution in [3.63, 3.8) is 0 Å². The summed E-state index contributed by atoms with van der Waals surface area (Å²) in [6, 6.07) is 15.7. The number of hydrogen-bond donors (Lipinski definition) is 2. The van der Waals surface area contributed by atoms with Gasteiger partial charge in [-0.1, -0.05) is 42.0 Å². The van der Waals surface area contributed by atoms with Gasteiger partial charge >= 0.3 is 0 Å². The van der Waals surface area contributed by atoms with E-state index < -0.39 is 17.7 Å².